The maximum Gasteiger partial charge on any atom is 0.333 e. The highest BCUT2D eigenvalue weighted by molar-refractivity contribution is 7.54. The number of aldehydes is 1. The summed E-state index contributed by atoms with van der Waals surface area (Å²) in [5.74, 6) is 0. The Kier molecular flexibility index (Phi) is 4.11. The number of carbonyl (C=O) groups excluding carboxylic acids is 1. The van der Waals surface area contributed by atoms with Gasteiger partial charge in [-0.2, -0.15) is 0 Å². The van der Waals surface area contributed by atoms with Gasteiger partial charge in [0.05, 0.1) is 11.8 Å². The quantitative estimate of drug-likeness (QED) is 0.419. The molecule has 5 heteroatoms. The van der Waals surface area contributed by atoms with Crippen LogP contribution < -0.4 is 0 Å². The lowest BCUT2D eigenvalue weighted by Gasteiger charge is -2.24. The van der Waals surface area contributed by atoms with E-state index in [0.717, 1.165) is 0 Å². The van der Waals surface area contributed by atoms with Crippen molar-refractivity contribution in [3.05, 3.63) is 0 Å². The molecule has 0 radical (unpaired) electrons. The Bertz CT molecular complexity index is 194. The minimum absolute atomic E-state index is 0.00848. The summed E-state index contributed by atoms with van der Waals surface area (Å²) in [6.45, 7) is 4.87. The van der Waals surface area contributed by atoms with Crippen LogP contribution in [0.2, 0.25) is 0 Å². The van der Waals surface area contributed by atoms with Gasteiger partial charge in [-0.25, -0.2) is 0 Å². The fraction of sp³-hybridized carbons (Fsp3) is 0.857. The Labute approximate surface area is 72.5 Å². The predicted molar refractivity (Wildman–Crippen MR) is 46.2 cm³/mol. The van der Waals surface area contributed by atoms with Crippen molar-refractivity contribution in [2.75, 3.05) is 6.61 Å². The second kappa shape index (κ2) is 4.17. The van der Waals surface area contributed by atoms with E-state index in [9.17, 15) is 14.3 Å². The van der Waals surface area contributed by atoms with E-state index in [1.165, 1.54) is 0 Å². The predicted octanol–water partition coefficient (Wildman–Crippen LogP) is 1.58. The molecule has 12 heavy (non-hydrogen) atoms. The maximum atomic E-state index is 11.3. The van der Waals surface area contributed by atoms with Crippen molar-refractivity contribution in [3.8, 4) is 0 Å². The first kappa shape index (κ1) is 11.8. The Morgan fingerprint density at radius 2 is 2.00 bits per heavy atom. The molecule has 0 aromatic heterocycles. The molecule has 0 spiro atoms. The smallest absolute Gasteiger partial charge is 0.324 e. The van der Waals surface area contributed by atoms with Gasteiger partial charge < -0.3 is 14.2 Å². The van der Waals surface area contributed by atoms with Crippen LogP contribution in [0.25, 0.3) is 0 Å². The van der Waals surface area contributed by atoms with Crippen LogP contribution in [0.3, 0.4) is 0 Å². The molecular weight excluding hydrogens is 179 g/mol. The molecule has 0 aliphatic carbocycles. The number of hydrogen-bond donors (Lipinski definition) is 1. The van der Waals surface area contributed by atoms with Crippen LogP contribution in [0.5, 0.6) is 0 Å². The monoisotopic (exact) mass is 194 g/mol. The molecule has 0 aliphatic rings. The molecular formula is C7H15O4P. The Morgan fingerprint density at radius 3 is 2.33 bits per heavy atom. The van der Waals surface area contributed by atoms with Crippen LogP contribution in [-0.2, 0) is 13.9 Å². The third-order valence-corrected chi connectivity index (χ3v) is 3.58. The molecule has 4 nitrogen and oxygen atoms in total. The largest absolute Gasteiger partial charge is 0.333 e. The molecule has 1 N–H and O–H groups in total. The van der Waals surface area contributed by atoms with Gasteiger partial charge in [0, 0.05) is 6.42 Å². The zero-order valence-corrected chi connectivity index (χ0v) is 8.51. The van der Waals surface area contributed by atoms with Gasteiger partial charge in [-0.1, -0.05) is 0 Å². The van der Waals surface area contributed by atoms with E-state index in [2.05, 4.69) is 0 Å². The lowest BCUT2D eigenvalue weighted by Crippen LogP contribution is -2.16. The third kappa shape index (κ3) is 3.48. The molecule has 0 fully saturated rings. The first-order valence-electron chi connectivity index (χ1n) is 3.72. The summed E-state index contributed by atoms with van der Waals surface area (Å²) in [5.41, 5.74) is 0. The van der Waals surface area contributed by atoms with Crippen LogP contribution in [0.1, 0.15) is 27.2 Å². The van der Waals surface area contributed by atoms with Crippen molar-refractivity contribution in [1.82, 2.24) is 0 Å². The third-order valence-electron chi connectivity index (χ3n) is 1.35. The zero-order chi connectivity index (χ0) is 9.83. The number of carbonyl (C=O) groups is 1. The van der Waals surface area contributed by atoms with Gasteiger partial charge in [0.1, 0.15) is 6.29 Å². The highest BCUT2D eigenvalue weighted by Crippen LogP contribution is 2.54. The Balaban J connectivity index is 4.06. The van der Waals surface area contributed by atoms with Gasteiger partial charge in [0.2, 0.25) is 0 Å². The van der Waals surface area contributed by atoms with Gasteiger partial charge in [-0.15, -0.1) is 0 Å². The first-order chi connectivity index (χ1) is 5.31. The van der Waals surface area contributed by atoms with Crippen molar-refractivity contribution in [1.29, 1.82) is 0 Å². The number of hydrogen-bond acceptors (Lipinski definition) is 3. The van der Waals surface area contributed by atoms with E-state index in [1.807, 2.05) is 0 Å². The summed E-state index contributed by atoms with van der Waals surface area (Å²) in [7, 11) is -3.56. The SMILES string of the molecule is CC(C)(C)P(=O)(O)OCCC=O. The molecule has 0 aromatic rings. The molecule has 0 aliphatic heterocycles. The Hall–Kier alpha value is -0.180. The number of rotatable bonds is 4. The second-order valence-corrected chi connectivity index (χ2v) is 6.12. The molecule has 0 heterocycles. The minimum Gasteiger partial charge on any atom is -0.324 e. The molecule has 1 atom stereocenters. The normalized spacial score (nSPS) is 17.0. The van der Waals surface area contributed by atoms with Crippen molar-refractivity contribution < 1.29 is 18.8 Å². The van der Waals surface area contributed by atoms with Crippen molar-refractivity contribution in [2.24, 2.45) is 0 Å². The lowest BCUT2D eigenvalue weighted by atomic mass is 10.3. The van der Waals surface area contributed by atoms with Crippen LogP contribution in [0, 0.1) is 0 Å². The van der Waals surface area contributed by atoms with E-state index in [1.54, 1.807) is 20.8 Å². The topological polar surface area (TPSA) is 63.6 Å². The van der Waals surface area contributed by atoms with E-state index in [-0.39, 0.29) is 13.0 Å². The van der Waals surface area contributed by atoms with E-state index in [0.29, 0.717) is 6.29 Å². The summed E-state index contributed by atoms with van der Waals surface area (Å²) in [4.78, 5) is 19.2. The average molecular weight is 194 g/mol. The average Bonchev–Trinajstić information content (AvgIpc) is 1.85. The van der Waals surface area contributed by atoms with Crippen LogP contribution in [-0.4, -0.2) is 22.9 Å². The standard InChI is InChI=1S/C7H15O4P/c1-7(2,3)12(9,10)11-6-4-5-8/h5H,4,6H2,1-3H3,(H,9,10). The highest BCUT2D eigenvalue weighted by Gasteiger charge is 2.35. The molecule has 0 aromatic carbocycles. The van der Waals surface area contributed by atoms with E-state index >= 15 is 0 Å². The van der Waals surface area contributed by atoms with Crippen molar-refractivity contribution >= 4 is 13.9 Å². The molecule has 72 valence electrons. The van der Waals surface area contributed by atoms with Gasteiger partial charge in [-0.05, 0) is 20.8 Å². The van der Waals surface area contributed by atoms with Gasteiger partial charge >= 0.3 is 7.60 Å². The fourth-order valence-corrected chi connectivity index (χ4v) is 1.16. The van der Waals surface area contributed by atoms with Crippen molar-refractivity contribution in [3.63, 3.8) is 0 Å². The van der Waals surface area contributed by atoms with E-state index in [4.69, 9.17) is 4.52 Å². The fourth-order valence-electron chi connectivity index (χ4n) is 0.418. The highest BCUT2D eigenvalue weighted by atomic mass is 31.2. The van der Waals surface area contributed by atoms with E-state index < -0.39 is 12.8 Å². The summed E-state index contributed by atoms with van der Waals surface area (Å²) in [5, 5.41) is -0.782. The maximum absolute atomic E-state index is 11.3. The van der Waals surface area contributed by atoms with Gasteiger partial charge in [0.15, 0.2) is 0 Å². The van der Waals surface area contributed by atoms with Crippen molar-refractivity contribution in [2.45, 2.75) is 32.3 Å². The van der Waals surface area contributed by atoms with Crippen LogP contribution in [0.15, 0.2) is 0 Å². The molecule has 0 saturated heterocycles. The summed E-state index contributed by atoms with van der Waals surface area (Å²) < 4.78 is 16.0. The van der Waals surface area contributed by atoms with Gasteiger partial charge in [-0.3, -0.25) is 4.57 Å². The summed E-state index contributed by atoms with van der Waals surface area (Å²) in [6, 6.07) is 0. The summed E-state index contributed by atoms with van der Waals surface area (Å²) >= 11 is 0. The lowest BCUT2D eigenvalue weighted by molar-refractivity contribution is -0.108. The molecule has 0 amide bonds. The molecule has 1 unspecified atom stereocenters. The molecule has 0 rings (SSSR count). The minimum atomic E-state index is -3.56. The molecule has 0 bridgehead atoms. The first-order valence-corrected chi connectivity index (χ1v) is 5.30. The Morgan fingerprint density at radius 1 is 1.50 bits per heavy atom. The summed E-state index contributed by atoms with van der Waals surface area (Å²) in [6.07, 6.45) is 0.809. The van der Waals surface area contributed by atoms with Crippen LogP contribution in [0.4, 0.5) is 0 Å². The molecule has 0 saturated carbocycles. The zero-order valence-electron chi connectivity index (χ0n) is 7.61. The second-order valence-electron chi connectivity index (χ2n) is 3.48. The van der Waals surface area contributed by atoms with Gasteiger partial charge in [0.25, 0.3) is 0 Å². The van der Waals surface area contributed by atoms with Crippen LogP contribution >= 0.6 is 7.60 Å².